The predicted octanol–water partition coefficient (Wildman–Crippen LogP) is 0.931. The summed E-state index contributed by atoms with van der Waals surface area (Å²) in [4.78, 5) is 0. The number of aliphatic hydroxyl groups excluding tert-OH is 1. The largest absolute Gasteiger partial charge is 0.395 e. The van der Waals surface area contributed by atoms with E-state index in [0.717, 1.165) is 39.1 Å². The lowest BCUT2D eigenvalue weighted by atomic mass is 9.88. The molecule has 0 bridgehead atoms. The van der Waals surface area contributed by atoms with Crippen molar-refractivity contribution in [1.29, 1.82) is 0 Å². The fraction of sp³-hybridized carbons (Fsp3) is 1.00. The SMILES string of the molecule is CC(C)C(CO)NC1CCOC2(CCOC2)C1. The van der Waals surface area contributed by atoms with Crippen LogP contribution in [0, 0.1) is 5.92 Å². The molecule has 0 radical (unpaired) electrons. The van der Waals surface area contributed by atoms with Crippen molar-refractivity contribution in [2.75, 3.05) is 26.4 Å². The van der Waals surface area contributed by atoms with Crippen LogP contribution in [0.25, 0.3) is 0 Å². The van der Waals surface area contributed by atoms with E-state index in [4.69, 9.17) is 9.47 Å². The van der Waals surface area contributed by atoms with Crippen molar-refractivity contribution in [2.45, 2.75) is 50.8 Å². The molecule has 2 N–H and O–H groups in total. The van der Waals surface area contributed by atoms with E-state index in [-0.39, 0.29) is 18.2 Å². The Morgan fingerprint density at radius 1 is 1.41 bits per heavy atom. The maximum atomic E-state index is 9.37. The lowest BCUT2D eigenvalue weighted by molar-refractivity contribution is -0.0914. The van der Waals surface area contributed by atoms with E-state index < -0.39 is 0 Å². The third-order valence-electron chi connectivity index (χ3n) is 4.01. The van der Waals surface area contributed by atoms with Crippen LogP contribution in [-0.2, 0) is 9.47 Å². The molecule has 2 aliphatic rings. The number of hydrogen-bond donors (Lipinski definition) is 2. The highest BCUT2D eigenvalue weighted by Gasteiger charge is 2.41. The van der Waals surface area contributed by atoms with Crippen LogP contribution >= 0.6 is 0 Å². The molecule has 3 unspecified atom stereocenters. The van der Waals surface area contributed by atoms with Crippen molar-refractivity contribution in [2.24, 2.45) is 5.92 Å². The fourth-order valence-corrected chi connectivity index (χ4v) is 2.79. The van der Waals surface area contributed by atoms with Gasteiger partial charge in [0.15, 0.2) is 0 Å². The van der Waals surface area contributed by atoms with Crippen LogP contribution in [0.1, 0.15) is 33.1 Å². The number of rotatable bonds is 4. The van der Waals surface area contributed by atoms with Crippen LogP contribution in [0.3, 0.4) is 0 Å². The maximum Gasteiger partial charge on any atom is 0.0951 e. The smallest absolute Gasteiger partial charge is 0.0951 e. The molecule has 4 nitrogen and oxygen atoms in total. The number of nitrogens with one attached hydrogen (secondary N) is 1. The van der Waals surface area contributed by atoms with E-state index in [1.54, 1.807) is 0 Å². The van der Waals surface area contributed by atoms with Gasteiger partial charge in [0, 0.05) is 31.7 Å². The van der Waals surface area contributed by atoms with Gasteiger partial charge >= 0.3 is 0 Å². The Kier molecular flexibility index (Phi) is 4.42. The van der Waals surface area contributed by atoms with E-state index >= 15 is 0 Å². The lowest BCUT2D eigenvalue weighted by Gasteiger charge is -2.39. The minimum absolute atomic E-state index is 0.0487. The predicted molar refractivity (Wildman–Crippen MR) is 66.0 cm³/mol. The van der Waals surface area contributed by atoms with Gasteiger partial charge in [-0.25, -0.2) is 0 Å². The second-order valence-corrected chi connectivity index (χ2v) is 5.72. The molecule has 0 aliphatic carbocycles. The van der Waals surface area contributed by atoms with Gasteiger partial charge < -0.3 is 19.9 Å². The zero-order valence-corrected chi connectivity index (χ0v) is 10.9. The third kappa shape index (κ3) is 3.19. The van der Waals surface area contributed by atoms with Gasteiger partial charge in [-0.15, -0.1) is 0 Å². The molecular formula is C13H25NO3. The third-order valence-corrected chi connectivity index (χ3v) is 4.01. The molecule has 0 saturated carbocycles. The van der Waals surface area contributed by atoms with E-state index in [0.29, 0.717) is 12.0 Å². The fourth-order valence-electron chi connectivity index (χ4n) is 2.79. The maximum absolute atomic E-state index is 9.37. The van der Waals surface area contributed by atoms with Gasteiger partial charge in [0.25, 0.3) is 0 Å². The summed E-state index contributed by atoms with van der Waals surface area (Å²) in [5.74, 6) is 0.457. The minimum atomic E-state index is -0.0487. The van der Waals surface area contributed by atoms with Crippen molar-refractivity contribution >= 4 is 0 Å². The van der Waals surface area contributed by atoms with Crippen molar-refractivity contribution < 1.29 is 14.6 Å². The summed E-state index contributed by atoms with van der Waals surface area (Å²) in [5, 5.41) is 12.9. The van der Waals surface area contributed by atoms with E-state index in [2.05, 4.69) is 19.2 Å². The van der Waals surface area contributed by atoms with Crippen LogP contribution in [-0.4, -0.2) is 49.2 Å². The molecule has 2 fully saturated rings. The molecule has 2 heterocycles. The molecule has 2 rings (SSSR count). The van der Waals surface area contributed by atoms with Gasteiger partial charge in [-0.1, -0.05) is 13.8 Å². The molecule has 0 amide bonds. The summed E-state index contributed by atoms with van der Waals surface area (Å²) in [5.41, 5.74) is -0.0487. The van der Waals surface area contributed by atoms with E-state index in [9.17, 15) is 5.11 Å². The van der Waals surface area contributed by atoms with Crippen LogP contribution in [0.2, 0.25) is 0 Å². The monoisotopic (exact) mass is 243 g/mol. The minimum Gasteiger partial charge on any atom is -0.395 e. The van der Waals surface area contributed by atoms with Crippen LogP contribution < -0.4 is 5.32 Å². The van der Waals surface area contributed by atoms with E-state index in [1.165, 1.54) is 0 Å². The van der Waals surface area contributed by atoms with Gasteiger partial charge in [0.2, 0.25) is 0 Å². The summed E-state index contributed by atoms with van der Waals surface area (Å²) in [6.45, 7) is 6.84. The summed E-state index contributed by atoms with van der Waals surface area (Å²) >= 11 is 0. The molecule has 0 aromatic rings. The van der Waals surface area contributed by atoms with Crippen LogP contribution in [0.4, 0.5) is 0 Å². The first-order valence-corrected chi connectivity index (χ1v) is 6.74. The molecule has 0 aromatic heterocycles. The number of ether oxygens (including phenoxy) is 2. The van der Waals surface area contributed by atoms with Gasteiger partial charge in [0.1, 0.15) is 0 Å². The van der Waals surface area contributed by atoms with Crippen molar-refractivity contribution in [3.8, 4) is 0 Å². The highest BCUT2D eigenvalue weighted by atomic mass is 16.6. The molecule has 17 heavy (non-hydrogen) atoms. The van der Waals surface area contributed by atoms with Crippen LogP contribution in [0.15, 0.2) is 0 Å². The average Bonchev–Trinajstić information content (AvgIpc) is 2.74. The Hall–Kier alpha value is -0.160. The Morgan fingerprint density at radius 2 is 2.24 bits per heavy atom. The van der Waals surface area contributed by atoms with Crippen molar-refractivity contribution in [1.82, 2.24) is 5.32 Å². The van der Waals surface area contributed by atoms with Crippen molar-refractivity contribution in [3.63, 3.8) is 0 Å². The summed E-state index contributed by atoms with van der Waals surface area (Å²) in [6, 6.07) is 0.641. The van der Waals surface area contributed by atoms with Gasteiger partial charge in [-0.05, 0) is 18.8 Å². The highest BCUT2D eigenvalue weighted by molar-refractivity contribution is 4.93. The Morgan fingerprint density at radius 3 is 2.82 bits per heavy atom. The Labute approximate surface area is 104 Å². The van der Waals surface area contributed by atoms with E-state index in [1.807, 2.05) is 0 Å². The lowest BCUT2D eigenvalue weighted by Crippen LogP contribution is -2.52. The normalized spacial score (nSPS) is 35.6. The Balaban J connectivity index is 1.88. The number of aliphatic hydroxyl groups is 1. The van der Waals surface area contributed by atoms with Gasteiger partial charge in [-0.2, -0.15) is 0 Å². The first-order chi connectivity index (χ1) is 8.15. The molecule has 2 saturated heterocycles. The molecule has 1 spiro atoms. The molecular weight excluding hydrogens is 218 g/mol. The summed E-state index contributed by atoms with van der Waals surface area (Å²) in [7, 11) is 0. The summed E-state index contributed by atoms with van der Waals surface area (Å²) < 4.78 is 11.4. The molecule has 0 aromatic carbocycles. The average molecular weight is 243 g/mol. The highest BCUT2D eigenvalue weighted by Crippen LogP contribution is 2.33. The van der Waals surface area contributed by atoms with Gasteiger partial charge in [-0.3, -0.25) is 0 Å². The molecule has 2 aliphatic heterocycles. The summed E-state index contributed by atoms with van der Waals surface area (Å²) in [6.07, 6.45) is 3.05. The van der Waals surface area contributed by atoms with Gasteiger partial charge in [0.05, 0.1) is 18.8 Å². The zero-order valence-electron chi connectivity index (χ0n) is 10.9. The van der Waals surface area contributed by atoms with Crippen LogP contribution in [0.5, 0.6) is 0 Å². The first-order valence-electron chi connectivity index (χ1n) is 6.74. The molecule has 4 heteroatoms. The first kappa shape index (κ1) is 13.3. The second kappa shape index (κ2) is 5.65. The quantitative estimate of drug-likeness (QED) is 0.771. The topological polar surface area (TPSA) is 50.7 Å². The second-order valence-electron chi connectivity index (χ2n) is 5.72. The van der Waals surface area contributed by atoms with Crippen molar-refractivity contribution in [3.05, 3.63) is 0 Å². The number of hydrogen-bond acceptors (Lipinski definition) is 4. The zero-order chi connectivity index (χ0) is 12.3. The molecule has 3 atom stereocenters. The molecule has 100 valence electrons. The Bertz CT molecular complexity index is 239. The standard InChI is InChI=1S/C13H25NO3/c1-10(2)12(8-15)14-11-3-5-17-13(7-11)4-6-16-9-13/h10-12,14-15H,3-9H2,1-2H3.